The molecule has 0 saturated carbocycles. The fraction of sp³-hybridized carbons (Fsp3) is 0.333. The average Bonchev–Trinajstić information content (AvgIpc) is 2.45. The minimum Gasteiger partial charge on any atom is -0.354 e. The summed E-state index contributed by atoms with van der Waals surface area (Å²) in [6.45, 7) is 5.19. The van der Waals surface area contributed by atoms with E-state index < -0.39 is 0 Å². The molecule has 0 spiro atoms. The van der Waals surface area contributed by atoms with E-state index in [2.05, 4.69) is 53.4 Å². The van der Waals surface area contributed by atoms with E-state index in [1.165, 1.54) is 5.56 Å². The van der Waals surface area contributed by atoms with E-state index in [-0.39, 0.29) is 0 Å². The molecule has 0 amide bonds. The van der Waals surface area contributed by atoms with Crippen molar-refractivity contribution >= 4 is 5.95 Å². The van der Waals surface area contributed by atoms with Crippen LogP contribution in [0.2, 0.25) is 0 Å². The highest BCUT2D eigenvalue weighted by molar-refractivity contribution is 5.60. The molecule has 0 radical (unpaired) electrons. The first-order valence-electron chi connectivity index (χ1n) is 6.49. The molecule has 1 aromatic carbocycles. The molecular weight excluding hydrogens is 222 g/mol. The Bertz CT molecular complexity index is 509. The average molecular weight is 241 g/mol. The van der Waals surface area contributed by atoms with Crippen molar-refractivity contribution in [1.29, 1.82) is 0 Å². The van der Waals surface area contributed by atoms with Crippen LogP contribution in [-0.4, -0.2) is 16.5 Å². The van der Waals surface area contributed by atoms with E-state index in [1.54, 1.807) is 6.20 Å². The lowest BCUT2D eigenvalue weighted by Crippen LogP contribution is -2.04. The highest BCUT2D eigenvalue weighted by atomic mass is 15.1. The van der Waals surface area contributed by atoms with Crippen LogP contribution in [0.5, 0.6) is 0 Å². The van der Waals surface area contributed by atoms with Crippen molar-refractivity contribution < 1.29 is 0 Å². The number of aromatic nitrogens is 2. The Labute approximate surface area is 108 Å². The first-order chi connectivity index (χ1) is 8.83. The number of hydrogen-bond acceptors (Lipinski definition) is 3. The summed E-state index contributed by atoms with van der Waals surface area (Å²) in [6, 6.07) is 10.4. The predicted octanol–water partition coefficient (Wildman–Crippen LogP) is 3.53. The number of anilines is 1. The Balaban J connectivity index is 2.26. The Morgan fingerprint density at radius 1 is 1.17 bits per heavy atom. The largest absolute Gasteiger partial charge is 0.354 e. The fourth-order valence-electron chi connectivity index (χ4n) is 1.79. The van der Waals surface area contributed by atoms with E-state index >= 15 is 0 Å². The predicted molar refractivity (Wildman–Crippen MR) is 75.6 cm³/mol. The van der Waals surface area contributed by atoms with Gasteiger partial charge >= 0.3 is 0 Å². The first-order valence-corrected chi connectivity index (χ1v) is 6.49. The van der Waals surface area contributed by atoms with Gasteiger partial charge in [0.05, 0.1) is 5.69 Å². The molecule has 1 heterocycles. The maximum atomic E-state index is 4.53. The van der Waals surface area contributed by atoms with E-state index in [1.807, 2.05) is 6.07 Å². The molecule has 0 bridgehead atoms. The molecule has 18 heavy (non-hydrogen) atoms. The molecule has 0 saturated heterocycles. The van der Waals surface area contributed by atoms with Crippen molar-refractivity contribution in [3.8, 4) is 11.3 Å². The molecule has 0 aliphatic heterocycles. The summed E-state index contributed by atoms with van der Waals surface area (Å²) in [5, 5.41) is 3.21. The van der Waals surface area contributed by atoms with Gasteiger partial charge in [-0.3, -0.25) is 0 Å². The fourth-order valence-corrected chi connectivity index (χ4v) is 1.79. The van der Waals surface area contributed by atoms with E-state index in [0.717, 1.165) is 30.6 Å². The second-order valence-corrected chi connectivity index (χ2v) is 4.25. The normalized spacial score (nSPS) is 10.3. The van der Waals surface area contributed by atoms with Gasteiger partial charge in [-0.2, -0.15) is 0 Å². The Kier molecular flexibility index (Phi) is 4.29. The second kappa shape index (κ2) is 6.15. The number of aryl methyl sites for hydroxylation is 1. The molecule has 3 nitrogen and oxygen atoms in total. The third kappa shape index (κ3) is 3.06. The van der Waals surface area contributed by atoms with Gasteiger partial charge in [0, 0.05) is 18.3 Å². The zero-order chi connectivity index (χ0) is 12.8. The van der Waals surface area contributed by atoms with Gasteiger partial charge in [0.2, 0.25) is 5.95 Å². The quantitative estimate of drug-likeness (QED) is 0.870. The van der Waals surface area contributed by atoms with Crippen molar-refractivity contribution in [1.82, 2.24) is 9.97 Å². The highest BCUT2D eigenvalue weighted by Gasteiger charge is 2.02. The van der Waals surface area contributed by atoms with Crippen molar-refractivity contribution in [2.75, 3.05) is 11.9 Å². The molecular formula is C15H19N3. The van der Waals surface area contributed by atoms with Crippen molar-refractivity contribution in [3.63, 3.8) is 0 Å². The van der Waals surface area contributed by atoms with Crippen LogP contribution in [0.3, 0.4) is 0 Å². The van der Waals surface area contributed by atoms with E-state index in [9.17, 15) is 0 Å². The summed E-state index contributed by atoms with van der Waals surface area (Å²) in [6.07, 6.45) is 3.91. The smallest absolute Gasteiger partial charge is 0.223 e. The molecule has 2 rings (SSSR count). The van der Waals surface area contributed by atoms with Crippen LogP contribution >= 0.6 is 0 Å². The summed E-state index contributed by atoms with van der Waals surface area (Å²) in [7, 11) is 0. The third-order valence-corrected chi connectivity index (χ3v) is 2.82. The van der Waals surface area contributed by atoms with Gasteiger partial charge in [-0.25, -0.2) is 9.97 Å². The number of benzene rings is 1. The summed E-state index contributed by atoms with van der Waals surface area (Å²) in [5.41, 5.74) is 3.45. The van der Waals surface area contributed by atoms with Crippen LogP contribution in [0.1, 0.15) is 25.8 Å². The van der Waals surface area contributed by atoms with Gasteiger partial charge in [-0.05, 0) is 30.5 Å². The minimum atomic E-state index is 0.705. The van der Waals surface area contributed by atoms with Crippen LogP contribution in [0.4, 0.5) is 5.95 Å². The Morgan fingerprint density at radius 2 is 2.06 bits per heavy atom. The molecule has 1 N–H and O–H groups in total. The zero-order valence-corrected chi connectivity index (χ0v) is 11.0. The summed E-state index contributed by atoms with van der Waals surface area (Å²) < 4.78 is 0. The summed E-state index contributed by atoms with van der Waals surface area (Å²) in [5.74, 6) is 0.705. The standard InChI is InChI=1S/C15H19N3/c1-3-9-16-15-17-10-8-14(18-15)13-7-5-6-12(4-2)11-13/h5-8,10-11H,3-4,9H2,1-2H3,(H,16,17,18). The second-order valence-electron chi connectivity index (χ2n) is 4.25. The zero-order valence-electron chi connectivity index (χ0n) is 11.0. The van der Waals surface area contributed by atoms with Crippen molar-refractivity contribution in [2.45, 2.75) is 26.7 Å². The van der Waals surface area contributed by atoms with Gasteiger partial charge in [0.15, 0.2) is 0 Å². The number of nitrogens with one attached hydrogen (secondary N) is 1. The lowest BCUT2D eigenvalue weighted by molar-refractivity contribution is 0.953. The molecule has 94 valence electrons. The molecule has 0 unspecified atom stereocenters. The van der Waals surface area contributed by atoms with E-state index in [4.69, 9.17) is 0 Å². The van der Waals surface area contributed by atoms with Crippen LogP contribution in [0.15, 0.2) is 36.5 Å². The van der Waals surface area contributed by atoms with Crippen LogP contribution in [0.25, 0.3) is 11.3 Å². The molecule has 1 aromatic heterocycles. The van der Waals surface area contributed by atoms with Gasteiger partial charge in [-0.15, -0.1) is 0 Å². The van der Waals surface area contributed by atoms with Crippen molar-refractivity contribution in [2.24, 2.45) is 0 Å². The van der Waals surface area contributed by atoms with Crippen LogP contribution < -0.4 is 5.32 Å². The molecule has 0 atom stereocenters. The first kappa shape index (κ1) is 12.6. The number of nitrogens with zero attached hydrogens (tertiary/aromatic N) is 2. The highest BCUT2D eigenvalue weighted by Crippen LogP contribution is 2.19. The van der Waals surface area contributed by atoms with Crippen molar-refractivity contribution in [3.05, 3.63) is 42.1 Å². The molecule has 3 heteroatoms. The third-order valence-electron chi connectivity index (χ3n) is 2.82. The van der Waals surface area contributed by atoms with Gasteiger partial charge in [-0.1, -0.05) is 32.0 Å². The maximum Gasteiger partial charge on any atom is 0.223 e. The van der Waals surface area contributed by atoms with Crippen LogP contribution in [-0.2, 0) is 6.42 Å². The summed E-state index contributed by atoms with van der Waals surface area (Å²) in [4.78, 5) is 8.76. The minimum absolute atomic E-state index is 0.705. The lowest BCUT2D eigenvalue weighted by Gasteiger charge is -2.06. The summed E-state index contributed by atoms with van der Waals surface area (Å²) >= 11 is 0. The Hall–Kier alpha value is -1.90. The Morgan fingerprint density at radius 3 is 2.83 bits per heavy atom. The lowest BCUT2D eigenvalue weighted by atomic mass is 10.1. The van der Waals surface area contributed by atoms with E-state index in [0.29, 0.717) is 5.95 Å². The number of hydrogen-bond donors (Lipinski definition) is 1. The monoisotopic (exact) mass is 241 g/mol. The van der Waals surface area contributed by atoms with Gasteiger partial charge in [0.25, 0.3) is 0 Å². The molecule has 0 fully saturated rings. The van der Waals surface area contributed by atoms with Crippen LogP contribution in [0, 0.1) is 0 Å². The maximum absolute atomic E-state index is 4.53. The van der Waals surface area contributed by atoms with Gasteiger partial charge < -0.3 is 5.32 Å². The molecule has 0 aliphatic rings. The van der Waals surface area contributed by atoms with Gasteiger partial charge in [0.1, 0.15) is 0 Å². The SMILES string of the molecule is CCCNc1nccc(-c2cccc(CC)c2)n1. The molecule has 2 aromatic rings. The number of rotatable bonds is 5. The topological polar surface area (TPSA) is 37.8 Å². The molecule has 0 aliphatic carbocycles.